The topological polar surface area (TPSA) is 124 Å². The van der Waals surface area contributed by atoms with Gasteiger partial charge in [0.15, 0.2) is 0 Å². The van der Waals surface area contributed by atoms with Crippen LogP contribution in [0, 0.1) is 10.1 Å². The van der Waals surface area contributed by atoms with E-state index in [-0.39, 0.29) is 5.69 Å². The molecular formula is C14H13N7O3. The van der Waals surface area contributed by atoms with Crippen molar-refractivity contribution >= 4 is 17.9 Å². The summed E-state index contributed by atoms with van der Waals surface area (Å²) in [6.45, 7) is 0.334. The summed E-state index contributed by atoms with van der Waals surface area (Å²) in [4.78, 5) is 18.3. The molecule has 0 aliphatic carbocycles. The van der Waals surface area contributed by atoms with Crippen LogP contribution >= 0.6 is 0 Å². The number of hydrogen-bond acceptors (Lipinski definition) is 7. The van der Waals surface area contributed by atoms with E-state index in [4.69, 9.17) is 4.74 Å². The highest BCUT2D eigenvalue weighted by Crippen LogP contribution is 2.21. The van der Waals surface area contributed by atoms with Crippen molar-refractivity contribution in [2.75, 3.05) is 7.11 Å². The highest BCUT2D eigenvalue weighted by molar-refractivity contribution is 5.81. The number of nitro groups is 1. The van der Waals surface area contributed by atoms with Crippen molar-refractivity contribution in [3.05, 3.63) is 58.2 Å². The van der Waals surface area contributed by atoms with Crippen LogP contribution < -0.4 is 4.74 Å². The van der Waals surface area contributed by atoms with Crippen LogP contribution in [0.4, 0.5) is 11.6 Å². The van der Waals surface area contributed by atoms with Gasteiger partial charge < -0.3 is 4.74 Å². The Bertz CT molecular complexity index is 870. The normalized spacial score (nSPS) is 11.0. The Morgan fingerprint density at radius 3 is 3.04 bits per heavy atom. The van der Waals surface area contributed by atoms with E-state index < -0.39 is 4.92 Å². The van der Waals surface area contributed by atoms with Gasteiger partial charge in [-0.2, -0.15) is 15.2 Å². The molecule has 0 atom stereocenters. The first-order chi connectivity index (χ1) is 11.7. The maximum atomic E-state index is 10.7. The third kappa shape index (κ3) is 3.43. The molecule has 10 heteroatoms. The number of H-pyrrole nitrogens is 1. The van der Waals surface area contributed by atoms with Crippen molar-refractivity contribution in [2.24, 2.45) is 4.99 Å². The third-order valence-electron chi connectivity index (χ3n) is 3.21. The molecule has 0 radical (unpaired) electrons. The van der Waals surface area contributed by atoms with Gasteiger partial charge in [-0.3, -0.25) is 14.8 Å². The van der Waals surface area contributed by atoms with Gasteiger partial charge in [-0.1, -0.05) is 0 Å². The van der Waals surface area contributed by atoms with Gasteiger partial charge in [-0.15, -0.1) is 0 Å². The Morgan fingerprint density at radius 2 is 2.38 bits per heavy atom. The first kappa shape index (κ1) is 15.3. The predicted molar refractivity (Wildman–Crippen MR) is 84.6 cm³/mol. The Morgan fingerprint density at radius 1 is 1.50 bits per heavy atom. The summed E-state index contributed by atoms with van der Waals surface area (Å²) in [5, 5.41) is 21.1. The fourth-order valence-corrected chi connectivity index (χ4v) is 2.11. The molecule has 0 spiro atoms. The van der Waals surface area contributed by atoms with Crippen LogP contribution in [0.5, 0.6) is 5.75 Å². The minimum absolute atomic E-state index is 0.0583. The van der Waals surface area contributed by atoms with Crippen LogP contribution in [0.25, 0.3) is 0 Å². The number of benzene rings is 1. The SMILES string of the molecule is COc1ccc(/C=N/c2ncn[nH]2)cc1Cn1cc([N+](=O)[O-])cn1. The third-order valence-corrected chi connectivity index (χ3v) is 3.21. The number of hydrogen-bond donors (Lipinski definition) is 1. The van der Waals surface area contributed by atoms with Crippen molar-refractivity contribution in [1.29, 1.82) is 0 Å². The molecule has 0 unspecified atom stereocenters. The van der Waals surface area contributed by atoms with Gasteiger partial charge in [-0.25, -0.2) is 10.1 Å². The first-order valence-electron chi connectivity index (χ1n) is 6.89. The highest BCUT2D eigenvalue weighted by Gasteiger charge is 2.11. The molecule has 3 aromatic rings. The van der Waals surface area contributed by atoms with E-state index >= 15 is 0 Å². The second-order valence-corrected chi connectivity index (χ2v) is 4.79. The van der Waals surface area contributed by atoms with Crippen molar-refractivity contribution in [2.45, 2.75) is 6.54 Å². The Balaban J connectivity index is 1.84. The van der Waals surface area contributed by atoms with Gasteiger partial charge in [-0.05, 0) is 23.8 Å². The molecule has 24 heavy (non-hydrogen) atoms. The molecule has 1 aromatic carbocycles. The summed E-state index contributed by atoms with van der Waals surface area (Å²) < 4.78 is 6.81. The number of aliphatic imine (C=N–C) groups is 1. The summed E-state index contributed by atoms with van der Waals surface area (Å²) in [5.41, 5.74) is 1.58. The molecule has 0 bridgehead atoms. The largest absolute Gasteiger partial charge is 0.496 e. The molecule has 0 saturated carbocycles. The van der Waals surface area contributed by atoms with E-state index in [9.17, 15) is 10.1 Å². The van der Waals surface area contributed by atoms with Crippen LogP contribution in [0.3, 0.4) is 0 Å². The van der Waals surface area contributed by atoms with Crippen molar-refractivity contribution in [3.8, 4) is 5.75 Å². The van der Waals surface area contributed by atoms with E-state index in [1.54, 1.807) is 19.4 Å². The molecular weight excluding hydrogens is 314 g/mol. The van der Waals surface area contributed by atoms with Gasteiger partial charge in [0.05, 0.1) is 18.6 Å². The van der Waals surface area contributed by atoms with Gasteiger partial charge >= 0.3 is 5.69 Å². The molecule has 0 fully saturated rings. The van der Waals surface area contributed by atoms with Crippen LogP contribution in [-0.4, -0.2) is 43.2 Å². The van der Waals surface area contributed by atoms with Crippen molar-refractivity contribution in [1.82, 2.24) is 25.0 Å². The molecule has 0 aliphatic rings. The molecule has 3 rings (SSSR count). The molecule has 1 N–H and O–H groups in total. The van der Waals surface area contributed by atoms with Gasteiger partial charge in [0.25, 0.3) is 0 Å². The molecule has 10 nitrogen and oxygen atoms in total. The fraction of sp³-hybridized carbons (Fsp3) is 0.143. The highest BCUT2D eigenvalue weighted by atomic mass is 16.6. The maximum Gasteiger partial charge on any atom is 0.307 e. The predicted octanol–water partition coefficient (Wildman–Crippen LogP) is 1.72. The lowest BCUT2D eigenvalue weighted by Gasteiger charge is -2.09. The Hall–Kier alpha value is -3.56. The summed E-state index contributed by atoms with van der Waals surface area (Å²) in [6.07, 6.45) is 5.59. The molecule has 2 aromatic heterocycles. The molecule has 0 aliphatic heterocycles. The zero-order valence-electron chi connectivity index (χ0n) is 12.7. The van der Waals surface area contributed by atoms with Crippen LogP contribution in [0.1, 0.15) is 11.1 Å². The van der Waals surface area contributed by atoms with Gasteiger partial charge in [0, 0.05) is 11.8 Å². The Kier molecular flexibility index (Phi) is 4.27. The zero-order chi connectivity index (χ0) is 16.9. The van der Waals surface area contributed by atoms with Crippen LogP contribution in [-0.2, 0) is 6.54 Å². The van der Waals surface area contributed by atoms with Gasteiger partial charge in [0.1, 0.15) is 24.5 Å². The standard InChI is InChI=1S/C14H13N7O3/c1-24-13-3-2-10(5-15-14-16-9-17-19-14)4-11(13)7-20-8-12(6-18-20)21(22)23/h2-6,8-9H,7H2,1H3,(H,16,17,19)/b15-5+. The summed E-state index contributed by atoms with van der Waals surface area (Å²) in [6, 6.07) is 5.51. The lowest BCUT2D eigenvalue weighted by atomic mass is 10.1. The number of rotatable bonds is 6. The smallest absolute Gasteiger partial charge is 0.307 e. The lowest BCUT2D eigenvalue weighted by Crippen LogP contribution is -2.03. The van der Waals surface area contributed by atoms with E-state index in [0.29, 0.717) is 18.2 Å². The average molecular weight is 327 g/mol. The summed E-state index contributed by atoms with van der Waals surface area (Å²) in [5.74, 6) is 1.06. The quantitative estimate of drug-likeness (QED) is 0.417. The lowest BCUT2D eigenvalue weighted by molar-refractivity contribution is -0.385. The van der Waals surface area contributed by atoms with E-state index in [1.807, 2.05) is 12.1 Å². The minimum Gasteiger partial charge on any atom is -0.496 e. The zero-order valence-corrected chi connectivity index (χ0v) is 12.7. The van der Waals surface area contributed by atoms with Gasteiger partial charge in [0.2, 0.25) is 5.95 Å². The van der Waals surface area contributed by atoms with E-state index in [1.165, 1.54) is 23.4 Å². The molecule has 0 saturated heterocycles. The summed E-state index contributed by atoms with van der Waals surface area (Å²) in [7, 11) is 1.56. The van der Waals surface area contributed by atoms with Crippen molar-refractivity contribution in [3.63, 3.8) is 0 Å². The fourth-order valence-electron chi connectivity index (χ4n) is 2.11. The molecule has 2 heterocycles. The second-order valence-electron chi connectivity index (χ2n) is 4.79. The first-order valence-corrected chi connectivity index (χ1v) is 6.89. The number of methoxy groups -OCH3 is 1. The number of ether oxygens (including phenoxy) is 1. The van der Waals surface area contributed by atoms with E-state index in [2.05, 4.69) is 25.3 Å². The molecule has 0 amide bonds. The maximum absolute atomic E-state index is 10.7. The monoisotopic (exact) mass is 327 g/mol. The Labute approximate surface area is 136 Å². The van der Waals surface area contributed by atoms with Crippen LogP contribution in [0.2, 0.25) is 0 Å². The van der Waals surface area contributed by atoms with E-state index in [0.717, 1.165) is 11.1 Å². The molecule has 122 valence electrons. The number of aromatic nitrogens is 5. The summed E-state index contributed by atoms with van der Waals surface area (Å²) >= 11 is 0. The number of aromatic amines is 1. The second kappa shape index (κ2) is 6.69. The van der Waals surface area contributed by atoms with Crippen molar-refractivity contribution < 1.29 is 9.66 Å². The minimum atomic E-state index is -0.485. The average Bonchev–Trinajstić information content (AvgIpc) is 3.25. The number of nitrogens with one attached hydrogen (secondary N) is 1. The van der Waals surface area contributed by atoms with Crippen LogP contribution in [0.15, 0.2) is 41.9 Å². The number of nitrogens with zero attached hydrogens (tertiary/aromatic N) is 6.